The maximum Gasteiger partial charge on any atom is 0.201 e. The zero-order chi connectivity index (χ0) is 15.3. The number of hydrogen-bond acceptors (Lipinski definition) is 3. The Labute approximate surface area is 121 Å². The third kappa shape index (κ3) is 3.56. The summed E-state index contributed by atoms with van der Waals surface area (Å²) in [6.45, 7) is 8.19. The second kappa shape index (κ2) is 7.03. The summed E-state index contributed by atoms with van der Waals surface area (Å²) in [6.07, 6.45) is 2.71. The first-order valence-electron chi connectivity index (χ1n) is 6.71. The first kappa shape index (κ1) is 16.1. The summed E-state index contributed by atoms with van der Waals surface area (Å²) in [5.41, 5.74) is 5.07. The van der Waals surface area contributed by atoms with Crippen molar-refractivity contribution in [2.24, 2.45) is 15.1 Å². The van der Waals surface area contributed by atoms with Crippen molar-refractivity contribution in [3.63, 3.8) is 0 Å². The number of rotatable bonds is 4. The molecule has 0 aromatic heterocycles. The van der Waals surface area contributed by atoms with Crippen molar-refractivity contribution in [3.05, 3.63) is 22.4 Å². The lowest BCUT2D eigenvalue weighted by molar-refractivity contribution is 0.213. The van der Waals surface area contributed by atoms with Gasteiger partial charge >= 0.3 is 0 Å². The lowest BCUT2D eigenvalue weighted by Gasteiger charge is -2.20. The fourth-order valence-electron chi connectivity index (χ4n) is 1.82. The quantitative estimate of drug-likeness (QED) is 0.450. The van der Waals surface area contributed by atoms with E-state index >= 15 is 0 Å². The minimum Gasteiger partial charge on any atom is -0.397 e. The van der Waals surface area contributed by atoms with Gasteiger partial charge in [-0.2, -0.15) is 0 Å². The highest BCUT2D eigenvalue weighted by Crippen LogP contribution is 2.28. The Bertz CT molecular complexity index is 522. The van der Waals surface area contributed by atoms with E-state index in [-0.39, 0.29) is 0 Å². The van der Waals surface area contributed by atoms with Crippen LogP contribution in [0.5, 0.6) is 0 Å². The van der Waals surface area contributed by atoms with Crippen LogP contribution in [0.2, 0.25) is 0 Å². The van der Waals surface area contributed by atoms with Crippen LogP contribution in [-0.4, -0.2) is 44.0 Å². The van der Waals surface area contributed by atoms with Crippen LogP contribution in [-0.2, 0) is 4.84 Å². The second-order valence-electron chi connectivity index (χ2n) is 4.99. The first-order valence-corrected chi connectivity index (χ1v) is 6.71. The number of nitrogens with zero attached hydrogens (tertiary/aromatic N) is 4. The van der Waals surface area contributed by atoms with Crippen LogP contribution in [0, 0.1) is 0 Å². The maximum atomic E-state index is 4.93. The molecule has 0 radical (unpaired) electrons. The molecule has 5 heteroatoms. The molecule has 0 spiro atoms. The molecule has 1 heterocycles. The van der Waals surface area contributed by atoms with E-state index in [1.54, 1.807) is 6.34 Å². The van der Waals surface area contributed by atoms with Gasteiger partial charge in [-0.05, 0) is 32.8 Å². The summed E-state index contributed by atoms with van der Waals surface area (Å²) in [7, 11) is 5.43. The van der Waals surface area contributed by atoms with Crippen LogP contribution < -0.4 is 0 Å². The topological polar surface area (TPSA) is 49.5 Å². The van der Waals surface area contributed by atoms with Gasteiger partial charge in [0.1, 0.15) is 7.11 Å². The molecular weight excluding hydrogens is 252 g/mol. The number of oxime groups is 1. The van der Waals surface area contributed by atoms with Crippen LogP contribution in [0.4, 0.5) is 0 Å². The minimum atomic E-state index is 0.598. The van der Waals surface area contributed by atoms with E-state index in [9.17, 15) is 0 Å². The zero-order valence-corrected chi connectivity index (χ0v) is 13.5. The molecule has 0 saturated heterocycles. The predicted molar refractivity (Wildman–Crippen MR) is 85.4 cm³/mol. The molecule has 0 atom stereocenters. The zero-order valence-electron chi connectivity index (χ0n) is 13.5. The van der Waals surface area contributed by atoms with Crippen molar-refractivity contribution in [1.29, 1.82) is 0 Å². The number of aliphatic imine (C=N–C) groups is 2. The number of amidine groups is 1. The summed E-state index contributed by atoms with van der Waals surface area (Å²) in [5.74, 6) is 0.598. The lowest BCUT2D eigenvalue weighted by atomic mass is 9.95. The second-order valence-corrected chi connectivity index (χ2v) is 4.99. The van der Waals surface area contributed by atoms with Crippen LogP contribution in [0.15, 0.2) is 37.6 Å². The maximum absolute atomic E-state index is 4.93. The van der Waals surface area contributed by atoms with Crippen molar-refractivity contribution in [3.8, 4) is 0 Å². The van der Waals surface area contributed by atoms with Gasteiger partial charge in [-0.15, -0.1) is 0 Å². The summed E-state index contributed by atoms with van der Waals surface area (Å²) in [5, 5.41) is 4.05. The predicted octanol–water partition coefficient (Wildman–Crippen LogP) is 3.01. The van der Waals surface area contributed by atoms with Gasteiger partial charge in [0.05, 0.1) is 12.0 Å². The van der Waals surface area contributed by atoms with E-state index in [2.05, 4.69) is 29.0 Å². The molecule has 1 aliphatic rings. The third-order valence-electron chi connectivity index (χ3n) is 3.18. The van der Waals surface area contributed by atoms with Crippen LogP contribution in [0.25, 0.3) is 0 Å². The van der Waals surface area contributed by atoms with E-state index in [4.69, 9.17) is 4.84 Å². The molecule has 0 N–H and O–H groups in total. The Hall–Kier alpha value is -1.91. The van der Waals surface area contributed by atoms with Crippen molar-refractivity contribution in [1.82, 2.24) is 4.90 Å². The van der Waals surface area contributed by atoms with E-state index in [1.807, 2.05) is 32.8 Å². The van der Waals surface area contributed by atoms with Gasteiger partial charge in [0.15, 0.2) is 0 Å². The molecule has 1 rings (SSSR count). The first-order chi connectivity index (χ1) is 9.42. The molecule has 5 nitrogen and oxygen atoms in total. The van der Waals surface area contributed by atoms with Gasteiger partial charge in [-0.3, -0.25) is 0 Å². The number of allylic oxidation sites excluding steroid dienone is 2. The lowest BCUT2D eigenvalue weighted by Crippen LogP contribution is -2.18. The monoisotopic (exact) mass is 276 g/mol. The number of hydrogen-bond donors (Lipinski definition) is 0. The molecule has 110 valence electrons. The molecule has 0 aliphatic carbocycles. The Morgan fingerprint density at radius 3 is 2.50 bits per heavy atom. The standard InChI is InChI=1S/C15H24N4O/c1-8-10(2)13-14(16-9-19(5)6)11(3)12(4)17-15(13)18-20-7/h9H,8H2,1-7H3/b13-10-,16-9+,18-15+. The molecule has 0 fully saturated rings. The molecule has 0 bridgehead atoms. The Kier molecular flexibility index (Phi) is 5.67. The van der Waals surface area contributed by atoms with Gasteiger partial charge in [0, 0.05) is 25.4 Å². The van der Waals surface area contributed by atoms with Crippen molar-refractivity contribution in [2.75, 3.05) is 21.2 Å². The molecule has 20 heavy (non-hydrogen) atoms. The van der Waals surface area contributed by atoms with E-state index in [0.717, 1.165) is 29.0 Å². The van der Waals surface area contributed by atoms with Crippen molar-refractivity contribution < 1.29 is 4.84 Å². The van der Waals surface area contributed by atoms with Crippen LogP contribution >= 0.6 is 0 Å². The normalized spacial score (nSPS) is 20.6. The molecule has 0 aromatic carbocycles. The Morgan fingerprint density at radius 2 is 2.00 bits per heavy atom. The van der Waals surface area contributed by atoms with Gasteiger partial charge in [-0.1, -0.05) is 17.7 Å². The Balaban J connectivity index is 3.49. The molecule has 0 saturated carbocycles. The van der Waals surface area contributed by atoms with Crippen molar-refractivity contribution in [2.45, 2.75) is 34.1 Å². The molecule has 0 amide bonds. The Morgan fingerprint density at radius 1 is 1.35 bits per heavy atom. The fraction of sp³-hybridized carbons (Fsp3) is 0.533. The van der Waals surface area contributed by atoms with E-state index in [1.165, 1.54) is 12.7 Å². The van der Waals surface area contributed by atoms with Gasteiger partial charge in [-0.25, -0.2) is 9.98 Å². The molecule has 0 aromatic rings. The highest BCUT2D eigenvalue weighted by Gasteiger charge is 2.23. The molecular formula is C15H24N4O. The van der Waals surface area contributed by atoms with Crippen LogP contribution in [0.1, 0.15) is 34.1 Å². The summed E-state index contributed by atoms with van der Waals surface area (Å²) < 4.78 is 0. The largest absolute Gasteiger partial charge is 0.397 e. The van der Waals surface area contributed by atoms with Gasteiger partial charge < -0.3 is 9.74 Å². The number of dihydropyridines is 1. The average Bonchev–Trinajstić information content (AvgIpc) is 2.40. The molecule has 0 unspecified atom stereocenters. The fourth-order valence-corrected chi connectivity index (χ4v) is 1.82. The molecule has 1 aliphatic heterocycles. The van der Waals surface area contributed by atoms with Gasteiger partial charge in [0.2, 0.25) is 5.84 Å². The minimum absolute atomic E-state index is 0.598. The summed E-state index contributed by atoms with van der Waals surface area (Å²) >= 11 is 0. The van der Waals surface area contributed by atoms with E-state index < -0.39 is 0 Å². The van der Waals surface area contributed by atoms with E-state index in [0.29, 0.717) is 5.84 Å². The van der Waals surface area contributed by atoms with Crippen molar-refractivity contribution >= 4 is 17.9 Å². The third-order valence-corrected chi connectivity index (χ3v) is 3.18. The highest BCUT2D eigenvalue weighted by molar-refractivity contribution is 6.17. The highest BCUT2D eigenvalue weighted by atomic mass is 16.6. The summed E-state index contributed by atoms with van der Waals surface area (Å²) in [4.78, 5) is 16.0. The average molecular weight is 276 g/mol. The smallest absolute Gasteiger partial charge is 0.201 e. The van der Waals surface area contributed by atoms with Gasteiger partial charge in [0.25, 0.3) is 0 Å². The summed E-state index contributed by atoms with van der Waals surface area (Å²) in [6, 6.07) is 0. The van der Waals surface area contributed by atoms with Crippen LogP contribution in [0.3, 0.4) is 0 Å². The SMILES string of the molecule is CC/C(C)=C1/C(/N=C/N(C)C)=C(C)C(C)=N/C1=N/OC.